The smallest absolute Gasteiger partial charge is 0.306 e. The second kappa shape index (κ2) is 9.37. The van der Waals surface area contributed by atoms with Gasteiger partial charge in [0.1, 0.15) is 11.7 Å². The maximum absolute atomic E-state index is 11.2. The zero-order valence-corrected chi connectivity index (χ0v) is 15.3. The van der Waals surface area contributed by atoms with Crippen LogP contribution >= 0.6 is 0 Å². The van der Waals surface area contributed by atoms with E-state index in [1.807, 2.05) is 20.8 Å². The molecule has 0 radical (unpaired) electrons. The van der Waals surface area contributed by atoms with Crippen LogP contribution in [0.3, 0.4) is 0 Å². The lowest BCUT2D eigenvalue weighted by Gasteiger charge is -2.43. The standard InChI is InChI=1S/C18H32O6/c1-5-13(17(21)22)8-12(4)10-18(7-3)11-14(6-2)15(23-24-18)9-16(19)20/h12-15H,5-11H2,1-4H3,(H,19,20)(H,21,22)/t12-,13+,14+,15+,18-/m0/s1. The summed E-state index contributed by atoms with van der Waals surface area (Å²) in [5.74, 6) is -1.62. The molecule has 0 bridgehead atoms. The molecule has 5 atom stereocenters. The Kier molecular flexibility index (Phi) is 8.16. The number of aliphatic carboxylic acids is 2. The Morgan fingerprint density at radius 1 is 1.25 bits per heavy atom. The lowest BCUT2D eigenvalue weighted by Crippen LogP contribution is -2.46. The van der Waals surface area contributed by atoms with Crippen LogP contribution in [0.5, 0.6) is 0 Å². The molecule has 6 nitrogen and oxygen atoms in total. The minimum atomic E-state index is -0.883. The van der Waals surface area contributed by atoms with E-state index in [4.69, 9.17) is 14.9 Å². The molecular formula is C18H32O6. The summed E-state index contributed by atoms with van der Waals surface area (Å²) in [6.45, 7) is 8.02. The summed E-state index contributed by atoms with van der Waals surface area (Å²) in [7, 11) is 0. The van der Waals surface area contributed by atoms with Crippen LogP contribution in [0.2, 0.25) is 0 Å². The van der Waals surface area contributed by atoms with Crippen molar-refractivity contribution in [2.45, 2.75) is 84.3 Å². The molecular weight excluding hydrogens is 312 g/mol. The molecule has 0 aromatic carbocycles. The van der Waals surface area contributed by atoms with Crippen molar-refractivity contribution < 1.29 is 29.6 Å². The van der Waals surface area contributed by atoms with Gasteiger partial charge in [-0.1, -0.05) is 34.1 Å². The number of rotatable bonds is 10. The number of carboxylic acid groups (broad SMARTS) is 2. The molecule has 0 aromatic rings. The van der Waals surface area contributed by atoms with Crippen molar-refractivity contribution in [1.29, 1.82) is 0 Å². The van der Waals surface area contributed by atoms with Crippen molar-refractivity contribution >= 4 is 11.9 Å². The first-order valence-corrected chi connectivity index (χ1v) is 9.05. The van der Waals surface area contributed by atoms with Gasteiger partial charge in [-0.2, -0.15) is 0 Å². The Hall–Kier alpha value is -1.14. The van der Waals surface area contributed by atoms with Gasteiger partial charge in [0.2, 0.25) is 0 Å². The molecule has 0 spiro atoms. The predicted octanol–water partition coefficient (Wildman–Crippen LogP) is 3.88. The lowest BCUT2D eigenvalue weighted by atomic mass is 9.76. The van der Waals surface area contributed by atoms with Gasteiger partial charge in [0.15, 0.2) is 0 Å². The summed E-state index contributed by atoms with van der Waals surface area (Å²) in [4.78, 5) is 33.4. The lowest BCUT2D eigenvalue weighted by molar-refractivity contribution is -0.424. The van der Waals surface area contributed by atoms with Gasteiger partial charge in [0, 0.05) is 0 Å². The molecule has 1 saturated heterocycles. The average Bonchev–Trinajstić information content (AvgIpc) is 2.53. The van der Waals surface area contributed by atoms with Gasteiger partial charge in [0.25, 0.3) is 0 Å². The van der Waals surface area contributed by atoms with Gasteiger partial charge < -0.3 is 10.2 Å². The van der Waals surface area contributed by atoms with Gasteiger partial charge in [-0.05, 0) is 43.9 Å². The highest BCUT2D eigenvalue weighted by atomic mass is 17.2. The topological polar surface area (TPSA) is 93.1 Å². The second-order valence-electron chi connectivity index (χ2n) is 7.21. The van der Waals surface area contributed by atoms with E-state index in [2.05, 4.69) is 6.92 Å². The molecule has 0 unspecified atom stereocenters. The predicted molar refractivity (Wildman–Crippen MR) is 89.4 cm³/mol. The summed E-state index contributed by atoms with van der Waals surface area (Å²) in [5, 5.41) is 18.2. The van der Waals surface area contributed by atoms with Crippen LogP contribution in [-0.2, 0) is 19.4 Å². The first kappa shape index (κ1) is 20.9. The number of carboxylic acids is 2. The van der Waals surface area contributed by atoms with Crippen LogP contribution in [0.15, 0.2) is 0 Å². The Morgan fingerprint density at radius 3 is 2.38 bits per heavy atom. The van der Waals surface area contributed by atoms with Crippen LogP contribution < -0.4 is 0 Å². The summed E-state index contributed by atoms with van der Waals surface area (Å²) in [6.07, 6.45) is 3.85. The van der Waals surface area contributed by atoms with Crippen molar-refractivity contribution in [2.75, 3.05) is 0 Å². The number of hydrogen-bond acceptors (Lipinski definition) is 4. The first-order valence-electron chi connectivity index (χ1n) is 9.05. The van der Waals surface area contributed by atoms with E-state index < -0.39 is 23.6 Å². The van der Waals surface area contributed by atoms with Crippen molar-refractivity contribution in [3.63, 3.8) is 0 Å². The number of carbonyl (C=O) groups is 2. The molecule has 1 aliphatic heterocycles. The van der Waals surface area contributed by atoms with Gasteiger partial charge >= 0.3 is 11.9 Å². The maximum Gasteiger partial charge on any atom is 0.306 e. The largest absolute Gasteiger partial charge is 0.481 e. The van der Waals surface area contributed by atoms with E-state index in [0.29, 0.717) is 12.8 Å². The van der Waals surface area contributed by atoms with E-state index in [0.717, 1.165) is 25.7 Å². The van der Waals surface area contributed by atoms with E-state index in [-0.39, 0.29) is 24.2 Å². The molecule has 2 N–H and O–H groups in total. The van der Waals surface area contributed by atoms with Crippen LogP contribution in [0.4, 0.5) is 0 Å². The second-order valence-corrected chi connectivity index (χ2v) is 7.21. The fourth-order valence-electron chi connectivity index (χ4n) is 3.78. The van der Waals surface area contributed by atoms with Crippen LogP contribution in [0, 0.1) is 17.8 Å². The van der Waals surface area contributed by atoms with Gasteiger partial charge in [-0.3, -0.25) is 9.59 Å². The minimum absolute atomic E-state index is 0.0508. The van der Waals surface area contributed by atoms with E-state index in [1.54, 1.807) is 0 Å². The van der Waals surface area contributed by atoms with Crippen molar-refractivity contribution in [1.82, 2.24) is 0 Å². The summed E-state index contributed by atoms with van der Waals surface area (Å²) in [5.41, 5.74) is -0.452. The Morgan fingerprint density at radius 2 is 1.92 bits per heavy atom. The molecule has 1 fully saturated rings. The monoisotopic (exact) mass is 344 g/mol. The van der Waals surface area contributed by atoms with Gasteiger partial charge in [-0.25, -0.2) is 9.78 Å². The number of hydrogen-bond donors (Lipinski definition) is 2. The zero-order valence-electron chi connectivity index (χ0n) is 15.3. The van der Waals surface area contributed by atoms with E-state index in [1.165, 1.54) is 0 Å². The fourth-order valence-corrected chi connectivity index (χ4v) is 3.78. The molecule has 0 amide bonds. The molecule has 6 heteroatoms. The fraction of sp³-hybridized carbons (Fsp3) is 0.889. The molecule has 0 aliphatic carbocycles. The third kappa shape index (κ3) is 5.74. The molecule has 0 saturated carbocycles. The molecule has 0 aromatic heterocycles. The maximum atomic E-state index is 11.2. The zero-order chi connectivity index (χ0) is 18.3. The van der Waals surface area contributed by atoms with Crippen LogP contribution in [-0.4, -0.2) is 33.9 Å². The third-order valence-corrected chi connectivity index (χ3v) is 5.30. The Balaban J connectivity index is 2.73. The quantitative estimate of drug-likeness (QED) is 0.584. The first-order chi connectivity index (χ1) is 11.3. The van der Waals surface area contributed by atoms with Crippen LogP contribution in [0.25, 0.3) is 0 Å². The highest BCUT2D eigenvalue weighted by molar-refractivity contribution is 5.69. The van der Waals surface area contributed by atoms with Crippen molar-refractivity contribution in [3.05, 3.63) is 0 Å². The molecule has 1 rings (SSSR count). The Bertz CT molecular complexity index is 424. The third-order valence-electron chi connectivity index (χ3n) is 5.30. The molecule has 24 heavy (non-hydrogen) atoms. The molecule has 140 valence electrons. The van der Waals surface area contributed by atoms with Gasteiger partial charge in [0.05, 0.1) is 12.3 Å². The minimum Gasteiger partial charge on any atom is -0.481 e. The highest BCUT2D eigenvalue weighted by Gasteiger charge is 2.43. The average molecular weight is 344 g/mol. The normalized spacial score (nSPS) is 29.8. The van der Waals surface area contributed by atoms with Crippen molar-refractivity contribution in [3.8, 4) is 0 Å². The summed E-state index contributed by atoms with van der Waals surface area (Å²) < 4.78 is 0. The summed E-state index contributed by atoms with van der Waals surface area (Å²) >= 11 is 0. The Labute approximate surface area is 144 Å². The molecule has 1 aliphatic rings. The van der Waals surface area contributed by atoms with E-state index >= 15 is 0 Å². The highest BCUT2D eigenvalue weighted by Crippen LogP contribution is 2.41. The summed E-state index contributed by atoms with van der Waals surface area (Å²) in [6, 6.07) is 0. The molecule has 1 heterocycles. The van der Waals surface area contributed by atoms with Crippen LogP contribution in [0.1, 0.15) is 72.6 Å². The van der Waals surface area contributed by atoms with E-state index in [9.17, 15) is 14.7 Å². The van der Waals surface area contributed by atoms with Gasteiger partial charge in [-0.15, -0.1) is 0 Å². The SMILES string of the molecule is CC[C@H](C[C@H](C)C[C@@]1(CC)C[C@@H](CC)[C@@H](CC(=O)O)OO1)C(=O)O. The van der Waals surface area contributed by atoms with Crippen molar-refractivity contribution in [2.24, 2.45) is 17.8 Å².